The van der Waals surface area contributed by atoms with Crippen LogP contribution in [0, 0.1) is 11.6 Å². The van der Waals surface area contributed by atoms with Crippen molar-refractivity contribution in [2.24, 2.45) is 0 Å². The third-order valence-corrected chi connectivity index (χ3v) is 2.56. The van der Waals surface area contributed by atoms with E-state index in [2.05, 4.69) is 0 Å². The van der Waals surface area contributed by atoms with Crippen molar-refractivity contribution >= 4 is 11.6 Å². The largest absolute Gasteiger partial charge is 0.396 e. The van der Waals surface area contributed by atoms with Crippen molar-refractivity contribution in [3.05, 3.63) is 29.3 Å². The van der Waals surface area contributed by atoms with Crippen LogP contribution in [-0.4, -0.2) is 49.9 Å². The molecule has 0 fully saturated rings. The van der Waals surface area contributed by atoms with Gasteiger partial charge in [0.1, 0.15) is 11.4 Å². The van der Waals surface area contributed by atoms with Crippen LogP contribution in [0.1, 0.15) is 10.4 Å². The molecule has 0 heterocycles. The maximum atomic E-state index is 13.6. The minimum Gasteiger partial charge on any atom is -0.396 e. The van der Waals surface area contributed by atoms with E-state index in [1.54, 1.807) is 0 Å². The maximum absolute atomic E-state index is 13.6. The molecule has 4 nitrogen and oxygen atoms in total. The highest BCUT2D eigenvalue weighted by Crippen LogP contribution is 2.19. The number of rotatable bonds is 4. The Bertz CT molecular complexity index is 449. The number of carbonyl (C=O) groups is 1. The summed E-state index contributed by atoms with van der Waals surface area (Å²) in [7, 11) is 5.19. The van der Waals surface area contributed by atoms with Gasteiger partial charge in [-0.1, -0.05) is 0 Å². The third kappa shape index (κ3) is 3.16. The fraction of sp³-hybridized carbons (Fsp3) is 0.417. The van der Waals surface area contributed by atoms with Gasteiger partial charge < -0.3 is 15.5 Å². The van der Waals surface area contributed by atoms with Crippen LogP contribution in [0.5, 0.6) is 0 Å². The molecular formula is C12H17F2N3O. The zero-order chi connectivity index (χ0) is 13.9. The molecule has 6 heteroatoms. The third-order valence-electron chi connectivity index (χ3n) is 2.56. The number of likely N-dealkylation sites (N-methyl/N-ethyl adjacent to an activating group) is 2. The molecule has 0 bridgehead atoms. The highest BCUT2D eigenvalue weighted by molar-refractivity contribution is 5.95. The Balaban J connectivity index is 2.93. The van der Waals surface area contributed by atoms with Crippen molar-refractivity contribution < 1.29 is 13.6 Å². The van der Waals surface area contributed by atoms with Gasteiger partial charge in [0.2, 0.25) is 0 Å². The number of nitrogens with zero attached hydrogens (tertiary/aromatic N) is 2. The molecule has 0 aliphatic heterocycles. The van der Waals surface area contributed by atoms with Gasteiger partial charge in [-0.15, -0.1) is 0 Å². The molecule has 0 saturated carbocycles. The van der Waals surface area contributed by atoms with Gasteiger partial charge in [-0.2, -0.15) is 0 Å². The van der Waals surface area contributed by atoms with Gasteiger partial charge in [0.05, 0.1) is 5.69 Å². The fourth-order valence-corrected chi connectivity index (χ4v) is 1.41. The molecule has 0 spiro atoms. The molecule has 0 unspecified atom stereocenters. The number of anilines is 1. The van der Waals surface area contributed by atoms with Crippen LogP contribution < -0.4 is 5.73 Å². The van der Waals surface area contributed by atoms with Crippen molar-refractivity contribution in [1.29, 1.82) is 0 Å². The maximum Gasteiger partial charge on any atom is 0.259 e. The van der Waals surface area contributed by atoms with E-state index in [1.165, 1.54) is 11.9 Å². The molecule has 0 aromatic heterocycles. The standard InChI is InChI=1S/C12H17F2N3O/c1-16(2)6-7-17(3)12(18)10-8(13)4-5-9(15)11(10)14/h4-5H,6-7,15H2,1-3H3. The van der Waals surface area contributed by atoms with Crippen LogP contribution in [-0.2, 0) is 0 Å². The van der Waals surface area contributed by atoms with E-state index in [0.717, 1.165) is 12.1 Å². The molecular weight excluding hydrogens is 240 g/mol. The average molecular weight is 257 g/mol. The predicted molar refractivity (Wildman–Crippen MR) is 66.3 cm³/mol. The highest BCUT2D eigenvalue weighted by Gasteiger charge is 2.22. The van der Waals surface area contributed by atoms with Crippen LogP contribution >= 0.6 is 0 Å². The molecule has 1 aromatic carbocycles. The average Bonchev–Trinajstić information content (AvgIpc) is 2.31. The van der Waals surface area contributed by atoms with E-state index in [4.69, 9.17) is 5.73 Å². The van der Waals surface area contributed by atoms with E-state index < -0.39 is 23.1 Å². The summed E-state index contributed by atoms with van der Waals surface area (Å²) < 4.78 is 27.1. The molecule has 0 saturated heterocycles. The van der Waals surface area contributed by atoms with Crippen LogP contribution in [0.15, 0.2) is 12.1 Å². The second-order valence-corrected chi connectivity index (χ2v) is 4.36. The fourth-order valence-electron chi connectivity index (χ4n) is 1.41. The van der Waals surface area contributed by atoms with E-state index in [-0.39, 0.29) is 5.69 Å². The highest BCUT2D eigenvalue weighted by atomic mass is 19.1. The number of carbonyl (C=O) groups excluding carboxylic acids is 1. The first-order valence-electron chi connectivity index (χ1n) is 5.48. The van der Waals surface area contributed by atoms with Crippen molar-refractivity contribution in [1.82, 2.24) is 9.80 Å². The van der Waals surface area contributed by atoms with Crippen molar-refractivity contribution in [3.63, 3.8) is 0 Å². The molecule has 0 radical (unpaired) electrons. The summed E-state index contributed by atoms with van der Waals surface area (Å²) in [4.78, 5) is 15.1. The molecule has 2 N–H and O–H groups in total. The summed E-state index contributed by atoms with van der Waals surface area (Å²) in [6.07, 6.45) is 0. The van der Waals surface area contributed by atoms with Crippen LogP contribution in [0.2, 0.25) is 0 Å². The van der Waals surface area contributed by atoms with Gasteiger partial charge in [-0.3, -0.25) is 4.79 Å². The molecule has 0 aliphatic carbocycles. The molecule has 100 valence electrons. The number of benzene rings is 1. The topological polar surface area (TPSA) is 49.6 Å². The monoisotopic (exact) mass is 257 g/mol. The molecule has 18 heavy (non-hydrogen) atoms. The summed E-state index contributed by atoms with van der Waals surface area (Å²) in [5, 5.41) is 0. The van der Waals surface area contributed by atoms with Crippen LogP contribution in [0.3, 0.4) is 0 Å². The van der Waals surface area contributed by atoms with Gasteiger partial charge in [0.15, 0.2) is 5.82 Å². The number of halogens is 2. The Kier molecular flexibility index (Phi) is 4.61. The number of nitrogen functional groups attached to an aromatic ring is 1. The lowest BCUT2D eigenvalue weighted by molar-refractivity contribution is 0.0777. The van der Waals surface area contributed by atoms with Crippen molar-refractivity contribution in [3.8, 4) is 0 Å². The molecule has 1 amide bonds. The quantitative estimate of drug-likeness (QED) is 0.824. The van der Waals surface area contributed by atoms with Gasteiger partial charge in [-0.25, -0.2) is 8.78 Å². The van der Waals surface area contributed by atoms with Gasteiger partial charge in [0.25, 0.3) is 5.91 Å². The summed E-state index contributed by atoms with van der Waals surface area (Å²) >= 11 is 0. The molecule has 1 rings (SSSR count). The Hall–Kier alpha value is -1.69. The van der Waals surface area contributed by atoms with E-state index >= 15 is 0 Å². The lowest BCUT2D eigenvalue weighted by atomic mass is 10.1. The Morgan fingerprint density at radius 1 is 1.22 bits per heavy atom. The van der Waals surface area contributed by atoms with Gasteiger partial charge in [0, 0.05) is 20.1 Å². The lowest BCUT2D eigenvalue weighted by Gasteiger charge is -2.20. The van der Waals surface area contributed by atoms with E-state index in [1.807, 2.05) is 19.0 Å². The number of hydrogen-bond donors (Lipinski definition) is 1. The first kappa shape index (κ1) is 14.4. The summed E-state index contributed by atoms with van der Waals surface area (Å²) in [6.45, 7) is 0.979. The molecule has 0 atom stereocenters. The molecule has 0 aliphatic rings. The minimum atomic E-state index is -1.00. The Morgan fingerprint density at radius 2 is 1.83 bits per heavy atom. The van der Waals surface area contributed by atoms with Crippen LogP contribution in [0.4, 0.5) is 14.5 Å². The predicted octanol–water partition coefficient (Wildman–Crippen LogP) is 1.18. The van der Waals surface area contributed by atoms with E-state index in [0.29, 0.717) is 13.1 Å². The summed E-state index contributed by atoms with van der Waals surface area (Å²) in [5.74, 6) is -2.61. The normalized spacial score (nSPS) is 10.8. The summed E-state index contributed by atoms with van der Waals surface area (Å²) in [5.41, 5.74) is 4.49. The second kappa shape index (κ2) is 5.77. The van der Waals surface area contributed by atoms with Crippen molar-refractivity contribution in [2.45, 2.75) is 0 Å². The minimum absolute atomic E-state index is 0.235. The summed E-state index contributed by atoms with van der Waals surface area (Å²) in [6, 6.07) is 2.09. The Morgan fingerprint density at radius 3 is 2.39 bits per heavy atom. The van der Waals surface area contributed by atoms with Crippen molar-refractivity contribution in [2.75, 3.05) is 40.0 Å². The van der Waals surface area contributed by atoms with Gasteiger partial charge in [-0.05, 0) is 26.2 Å². The van der Waals surface area contributed by atoms with Gasteiger partial charge >= 0.3 is 0 Å². The lowest BCUT2D eigenvalue weighted by Crippen LogP contribution is -2.34. The number of hydrogen-bond acceptors (Lipinski definition) is 3. The zero-order valence-electron chi connectivity index (χ0n) is 10.7. The second-order valence-electron chi connectivity index (χ2n) is 4.36. The smallest absolute Gasteiger partial charge is 0.259 e. The van der Waals surface area contributed by atoms with Crippen LogP contribution in [0.25, 0.3) is 0 Å². The molecule has 1 aromatic rings. The first-order valence-corrected chi connectivity index (χ1v) is 5.48. The Labute approximate surface area is 105 Å². The SMILES string of the molecule is CN(C)CCN(C)C(=O)c1c(F)ccc(N)c1F. The number of amides is 1. The zero-order valence-corrected chi connectivity index (χ0v) is 10.7. The van der Waals surface area contributed by atoms with E-state index in [9.17, 15) is 13.6 Å². The number of nitrogens with two attached hydrogens (primary N) is 1. The first-order chi connectivity index (χ1) is 8.34.